The molecule has 4 heteroatoms. The summed E-state index contributed by atoms with van der Waals surface area (Å²) >= 11 is 6.10. The summed E-state index contributed by atoms with van der Waals surface area (Å²) in [5.74, 6) is 0. The highest BCUT2D eigenvalue weighted by atomic mass is 35.5. The number of aliphatic hydroxyl groups excluding tert-OH is 1. The van der Waals surface area contributed by atoms with Crippen molar-refractivity contribution in [1.82, 2.24) is 9.38 Å². The maximum atomic E-state index is 10.3. The first-order valence-corrected chi connectivity index (χ1v) is 6.47. The van der Waals surface area contributed by atoms with Crippen LogP contribution in [0.4, 0.5) is 0 Å². The van der Waals surface area contributed by atoms with Gasteiger partial charge in [-0.3, -0.25) is 0 Å². The van der Waals surface area contributed by atoms with Gasteiger partial charge in [0.15, 0.2) is 0 Å². The van der Waals surface area contributed by atoms with Crippen molar-refractivity contribution < 1.29 is 5.11 Å². The molecule has 0 aliphatic rings. The highest BCUT2D eigenvalue weighted by Gasteiger charge is 2.14. The van der Waals surface area contributed by atoms with E-state index < -0.39 is 6.10 Å². The maximum absolute atomic E-state index is 10.3. The van der Waals surface area contributed by atoms with Crippen molar-refractivity contribution in [3.63, 3.8) is 0 Å². The molecular weight excluding hydrogens is 260 g/mol. The van der Waals surface area contributed by atoms with Crippen LogP contribution in [0.5, 0.6) is 0 Å². The van der Waals surface area contributed by atoms with Crippen LogP contribution in [0, 0.1) is 0 Å². The highest BCUT2D eigenvalue weighted by molar-refractivity contribution is 6.31. The van der Waals surface area contributed by atoms with Crippen molar-refractivity contribution >= 4 is 17.2 Å². The molecule has 0 saturated carbocycles. The summed E-state index contributed by atoms with van der Waals surface area (Å²) in [6.45, 7) is 0. The van der Waals surface area contributed by atoms with Gasteiger partial charge in [0.25, 0.3) is 0 Å². The number of nitrogens with zero attached hydrogens (tertiary/aromatic N) is 2. The second-order valence-corrected chi connectivity index (χ2v) is 4.85. The van der Waals surface area contributed by atoms with Crippen molar-refractivity contribution in [2.45, 2.75) is 12.5 Å². The van der Waals surface area contributed by atoms with Gasteiger partial charge in [-0.25, -0.2) is 4.98 Å². The van der Waals surface area contributed by atoms with Gasteiger partial charge in [-0.1, -0.05) is 35.9 Å². The molecule has 0 aliphatic carbocycles. The minimum atomic E-state index is -0.653. The van der Waals surface area contributed by atoms with E-state index in [1.165, 1.54) is 0 Å². The van der Waals surface area contributed by atoms with Crippen LogP contribution >= 0.6 is 11.6 Å². The first-order chi connectivity index (χ1) is 9.24. The largest absolute Gasteiger partial charge is 0.386 e. The number of hydrogen-bond donors (Lipinski definition) is 1. The summed E-state index contributed by atoms with van der Waals surface area (Å²) < 4.78 is 1.89. The van der Waals surface area contributed by atoms with E-state index in [1.54, 1.807) is 0 Å². The second kappa shape index (κ2) is 5.03. The summed E-state index contributed by atoms with van der Waals surface area (Å²) in [7, 11) is 0. The predicted molar refractivity (Wildman–Crippen MR) is 75.3 cm³/mol. The number of pyridine rings is 1. The molecule has 0 aliphatic heterocycles. The van der Waals surface area contributed by atoms with Gasteiger partial charge in [0, 0.05) is 23.8 Å². The van der Waals surface area contributed by atoms with Crippen molar-refractivity contribution in [2.75, 3.05) is 0 Å². The Morgan fingerprint density at radius 1 is 1.16 bits per heavy atom. The molecule has 19 heavy (non-hydrogen) atoms. The number of aromatic nitrogens is 2. The summed E-state index contributed by atoms with van der Waals surface area (Å²) in [4.78, 5) is 4.41. The summed E-state index contributed by atoms with van der Waals surface area (Å²) in [5, 5.41) is 10.9. The van der Waals surface area contributed by atoms with E-state index in [1.807, 2.05) is 59.3 Å². The van der Waals surface area contributed by atoms with Gasteiger partial charge in [-0.05, 0) is 23.8 Å². The SMILES string of the molecule is OC(Cc1ccccc1Cl)c1cn2ccccc2n1. The average molecular weight is 273 g/mol. The molecule has 0 spiro atoms. The molecule has 1 aromatic carbocycles. The normalized spacial score (nSPS) is 12.7. The number of hydrogen-bond acceptors (Lipinski definition) is 2. The minimum absolute atomic E-state index is 0.462. The van der Waals surface area contributed by atoms with Crippen LogP contribution in [-0.2, 0) is 6.42 Å². The number of aliphatic hydroxyl groups is 1. The number of imidazole rings is 1. The predicted octanol–water partition coefficient (Wildman–Crippen LogP) is 3.26. The van der Waals surface area contributed by atoms with Crippen LogP contribution in [0.1, 0.15) is 17.4 Å². The van der Waals surface area contributed by atoms with E-state index in [-0.39, 0.29) is 0 Å². The van der Waals surface area contributed by atoms with Crippen molar-refractivity contribution in [3.05, 3.63) is 71.1 Å². The molecule has 0 amide bonds. The molecule has 1 unspecified atom stereocenters. The fraction of sp³-hybridized carbons (Fsp3) is 0.133. The second-order valence-electron chi connectivity index (χ2n) is 4.44. The zero-order chi connectivity index (χ0) is 13.2. The molecule has 1 N–H and O–H groups in total. The zero-order valence-electron chi connectivity index (χ0n) is 10.2. The number of halogens is 1. The van der Waals surface area contributed by atoms with E-state index >= 15 is 0 Å². The standard InChI is InChI=1S/C15H13ClN2O/c16-12-6-2-1-5-11(12)9-14(19)13-10-18-8-4-3-7-15(18)17-13/h1-8,10,14,19H,9H2. The highest BCUT2D eigenvalue weighted by Crippen LogP contribution is 2.23. The molecule has 96 valence electrons. The summed E-state index contributed by atoms with van der Waals surface area (Å²) in [5.41, 5.74) is 2.41. The van der Waals surface area contributed by atoms with Gasteiger partial charge < -0.3 is 9.51 Å². The van der Waals surface area contributed by atoms with Crippen molar-refractivity contribution in [3.8, 4) is 0 Å². The Balaban J connectivity index is 1.87. The van der Waals surface area contributed by atoms with Crippen molar-refractivity contribution in [2.24, 2.45) is 0 Å². The van der Waals surface area contributed by atoms with Crippen LogP contribution in [-0.4, -0.2) is 14.5 Å². The van der Waals surface area contributed by atoms with Gasteiger partial charge in [0.05, 0.1) is 5.69 Å². The molecule has 0 bridgehead atoms. The smallest absolute Gasteiger partial charge is 0.137 e. The van der Waals surface area contributed by atoms with E-state index in [0.717, 1.165) is 11.2 Å². The van der Waals surface area contributed by atoms with Crippen molar-refractivity contribution in [1.29, 1.82) is 0 Å². The quantitative estimate of drug-likeness (QED) is 0.795. The molecule has 0 saturated heterocycles. The number of benzene rings is 1. The van der Waals surface area contributed by atoms with Crippen LogP contribution in [0.2, 0.25) is 5.02 Å². The fourth-order valence-electron chi connectivity index (χ4n) is 2.09. The monoisotopic (exact) mass is 272 g/mol. The molecule has 3 nitrogen and oxygen atoms in total. The molecule has 2 heterocycles. The maximum Gasteiger partial charge on any atom is 0.137 e. The van der Waals surface area contributed by atoms with Gasteiger partial charge >= 0.3 is 0 Å². The zero-order valence-corrected chi connectivity index (χ0v) is 11.0. The molecule has 2 aromatic heterocycles. The Morgan fingerprint density at radius 3 is 2.74 bits per heavy atom. The Hall–Kier alpha value is -1.84. The molecule has 3 rings (SSSR count). The van der Waals surface area contributed by atoms with Crippen LogP contribution in [0.25, 0.3) is 5.65 Å². The lowest BCUT2D eigenvalue weighted by molar-refractivity contribution is 0.174. The topological polar surface area (TPSA) is 37.5 Å². The molecule has 3 aromatic rings. The Labute approximate surface area is 116 Å². The van der Waals surface area contributed by atoms with Crippen LogP contribution in [0.3, 0.4) is 0 Å². The molecule has 0 fully saturated rings. The lowest BCUT2D eigenvalue weighted by atomic mass is 10.1. The number of rotatable bonds is 3. The van der Waals surface area contributed by atoms with E-state index in [9.17, 15) is 5.11 Å². The third-order valence-corrected chi connectivity index (χ3v) is 3.46. The first-order valence-electron chi connectivity index (χ1n) is 6.09. The van der Waals surface area contributed by atoms with E-state index in [0.29, 0.717) is 17.1 Å². The Kier molecular flexibility index (Phi) is 3.23. The third kappa shape index (κ3) is 2.48. The minimum Gasteiger partial charge on any atom is -0.386 e. The summed E-state index contributed by atoms with van der Waals surface area (Å²) in [6, 6.07) is 13.3. The van der Waals surface area contributed by atoms with Gasteiger partial charge in [0.1, 0.15) is 11.8 Å². The van der Waals surface area contributed by atoms with Gasteiger partial charge in [0.2, 0.25) is 0 Å². The number of fused-ring (bicyclic) bond motifs is 1. The lowest BCUT2D eigenvalue weighted by Crippen LogP contribution is -2.02. The average Bonchev–Trinajstić information content (AvgIpc) is 2.85. The molecule has 1 atom stereocenters. The van der Waals surface area contributed by atoms with E-state index in [4.69, 9.17) is 11.6 Å². The first kappa shape index (κ1) is 12.2. The molecule has 0 radical (unpaired) electrons. The fourth-order valence-corrected chi connectivity index (χ4v) is 2.30. The summed E-state index contributed by atoms with van der Waals surface area (Å²) in [6.07, 6.45) is 3.56. The van der Waals surface area contributed by atoms with Crippen LogP contribution < -0.4 is 0 Å². The van der Waals surface area contributed by atoms with Crippen LogP contribution in [0.15, 0.2) is 54.9 Å². The lowest BCUT2D eigenvalue weighted by Gasteiger charge is -2.08. The molecular formula is C15H13ClN2O. The van der Waals surface area contributed by atoms with E-state index in [2.05, 4.69) is 4.98 Å². The van der Waals surface area contributed by atoms with Gasteiger partial charge in [-0.2, -0.15) is 0 Å². The van der Waals surface area contributed by atoms with Gasteiger partial charge in [-0.15, -0.1) is 0 Å². The third-order valence-electron chi connectivity index (χ3n) is 3.10. The Morgan fingerprint density at radius 2 is 1.95 bits per heavy atom. The Bertz CT molecular complexity index is 675.